The Kier molecular flexibility index (Phi) is 14.3. The molecule has 3 aliphatic heterocycles. The van der Waals surface area contributed by atoms with E-state index in [0.717, 1.165) is 16.7 Å². The third-order valence-electron chi connectivity index (χ3n) is 12.1. The molecule has 0 saturated carbocycles. The van der Waals surface area contributed by atoms with Crippen LogP contribution in [0.25, 0.3) is 0 Å². The van der Waals surface area contributed by atoms with Crippen LogP contribution in [-0.2, 0) is 33.6 Å². The quantitative estimate of drug-likeness (QED) is 0.0543. The molecule has 2 saturated heterocycles. The number of para-hydroxylation sites is 3. The number of nitrogens with one attached hydrogen (secondary N) is 1. The van der Waals surface area contributed by atoms with Crippen LogP contribution in [0.3, 0.4) is 0 Å². The lowest BCUT2D eigenvalue weighted by Gasteiger charge is -2.44. The number of piperidine rings is 1. The van der Waals surface area contributed by atoms with E-state index in [4.69, 9.17) is 32.7 Å². The minimum absolute atomic E-state index is 0.0539. The zero-order valence-electron chi connectivity index (χ0n) is 37.2. The number of halogens is 1. The van der Waals surface area contributed by atoms with Gasteiger partial charge in [0, 0.05) is 68.5 Å². The van der Waals surface area contributed by atoms with Gasteiger partial charge in [-0.05, 0) is 57.5 Å². The first-order valence-electron chi connectivity index (χ1n) is 22.0. The Morgan fingerprint density at radius 2 is 1.51 bits per heavy atom. The van der Waals surface area contributed by atoms with Gasteiger partial charge in [0.25, 0.3) is 14.1 Å². The van der Waals surface area contributed by atoms with Gasteiger partial charge in [-0.1, -0.05) is 78.9 Å². The summed E-state index contributed by atoms with van der Waals surface area (Å²) in [6.45, 7) is 8.94. The summed E-state index contributed by atoms with van der Waals surface area (Å²) in [4.78, 5) is 30.6. The van der Waals surface area contributed by atoms with Crippen LogP contribution in [0.4, 0.5) is 10.1 Å². The average molecular weight is 908 g/mol. The summed E-state index contributed by atoms with van der Waals surface area (Å²) in [6, 6.07) is 35.3. The normalized spacial score (nSPS) is 21.4. The van der Waals surface area contributed by atoms with Gasteiger partial charge in [0.15, 0.2) is 17.6 Å². The third kappa shape index (κ3) is 9.41. The topological polar surface area (TPSA) is 150 Å². The molecule has 1 N–H and O–H groups in total. The molecule has 65 heavy (non-hydrogen) atoms. The van der Waals surface area contributed by atoms with Crippen LogP contribution in [0.15, 0.2) is 125 Å². The highest BCUT2D eigenvalue weighted by Gasteiger charge is 2.55. The predicted molar refractivity (Wildman–Crippen MR) is 243 cm³/mol. The summed E-state index contributed by atoms with van der Waals surface area (Å²) in [5.41, 5.74) is 0.348. The van der Waals surface area contributed by atoms with E-state index in [1.165, 1.54) is 22.9 Å². The summed E-state index contributed by atoms with van der Waals surface area (Å²) in [6.07, 6.45) is -2.10. The van der Waals surface area contributed by atoms with Crippen LogP contribution in [0.1, 0.15) is 69.9 Å². The zero-order chi connectivity index (χ0) is 45.7. The van der Waals surface area contributed by atoms with E-state index < -0.39 is 55.7 Å². The molecule has 342 valence electrons. The maximum Gasteiger partial charge on any atom is 0.330 e. The van der Waals surface area contributed by atoms with Crippen LogP contribution < -0.4 is 20.9 Å². The second-order valence-electron chi connectivity index (χ2n) is 16.8. The number of H-pyrrole nitrogens is 1. The minimum Gasteiger partial charge on any atom is -0.457 e. The van der Waals surface area contributed by atoms with E-state index in [2.05, 4.69) is 15.7 Å². The molecule has 4 heterocycles. The minimum atomic E-state index is -1.92. The van der Waals surface area contributed by atoms with Crippen molar-refractivity contribution in [2.45, 2.75) is 95.0 Å². The fourth-order valence-electron chi connectivity index (χ4n) is 9.15. The molecule has 8 rings (SSSR count). The molecule has 14 nitrogen and oxygen atoms in total. The fraction of sp³-hybridized carbons (Fsp3) is 0.408. The first kappa shape index (κ1) is 46.3. The highest BCUT2D eigenvalue weighted by molar-refractivity contribution is 7.44. The first-order valence-corrected chi connectivity index (χ1v) is 23.1. The standard InChI is InChI=1S/C49H55FN5O9P/c1-33(2)55(34(3)4)65(60-31-15-27-51)64-44-42(32-59-49(35-16-7-6-8-17-35)36-18-9-13-22-40(36)61-41-23-14-10-19-37(41)49)62-46(54-28-24-43(56)52-47(54)57)45(44)63-48(58-5)25-29-53(30-26-48)39-21-12-11-20-38(39)50/h6-14,16-24,28,33-34,42,44-46H,15,25-26,29-32H2,1-5H3,(H,52,56,57)/t42-,44-,45-,46-,65?/m1/s1. The van der Waals surface area contributed by atoms with Crippen molar-refractivity contribution < 1.29 is 37.1 Å². The molecule has 0 aliphatic carbocycles. The van der Waals surface area contributed by atoms with Gasteiger partial charge < -0.3 is 37.6 Å². The molecule has 0 radical (unpaired) electrons. The maximum absolute atomic E-state index is 15.0. The number of hydrogen-bond donors (Lipinski definition) is 1. The Morgan fingerprint density at radius 1 is 0.877 bits per heavy atom. The molecule has 0 amide bonds. The maximum atomic E-state index is 15.0. The largest absolute Gasteiger partial charge is 0.457 e. The number of anilines is 1. The number of aromatic amines is 1. The molecule has 0 spiro atoms. The van der Waals surface area contributed by atoms with Crippen molar-refractivity contribution in [3.63, 3.8) is 0 Å². The zero-order valence-corrected chi connectivity index (χ0v) is 38.1. The summed E-state index contributed by atoms with van der Waals surface area (Å²) in [7, 11) is -0.358. The van der Waals surface area contributed by atoms with Crippen LogP contribution >= 0.6 is 8.53 Å². The summed E-state index contributed by atoms with van der Waals surface area (Å²) < 4.78 is 66.5. The number of aromatic nitrogens is 2. The number of methoxy groups -OCH3 is 1. The number of benzene rings is 4. The molecule has 1 aromatic heterocycles. The third-order valence-corrected chi connectivity index (χ3v) is 14.3. The average Bonchev–Trinajstić information content (AvgIpc) is 3.63. The number of ether oxygens (including phenoxy) is 5. The van der Waals surface area contributed by atoms with Gasteiger partial charge in [-0.15, -0.1) is 0 Å². The molecule has 2 fully saturated rings. The van der Waals surface area contributed by atoms with Crippen molar-refractivity contribution in [1.29, 1.82) is 5.26 Å². The van der Waals surface area contributed by atoms with Crippen molar-refractivity contribution in [2.24, 2.45) is 0 Å². The SMILES string of the molecule is COC1(O[C@@H]2[C@H](OP(OCCC#N)N(C(C)C)C(C)C)[C@@H](COC3(c4ccccc4)c4ccccc4Oc4ccccc43)O[C@H]2n2ccc(=O)[nH]c2=O)CCN(c2ccccc2F)CC1. The van der Waals surface area contributed by atoms with Gasteiger partial charge in [-0.3, -0.25) is 14.3 Å². The number of nitrogens with zero attached hydrogens (tertiary/aromatic N) is 4. The highest BCUT2D eigenvalue weighted by atomic mass is 31.2. The smallest absolute Gasteiger partial charge is 0.330 e. The van der Waals surface area contributed by atoms with Gasteiger partial charge in [0.05, 0.1) is 31.4 Å². The van der Waals surface area contributed by atoms with Crippen molar-refractivity contribution in [1.82, 2.24) is 14.2 Å². The molecule has 3 aliphatic rings. The van der Waals surface area contributed by atoms with Crippen molar-refractivity contribution in [2.75, 3.05) is 38.3 Å². The monoisotopic (exact) mass is 907 g/mol. The molecule has 5 atom stereocenters. The lowest BCUT2D eigenvalue weighted by molar-refractivity contribution is -0.275. The molecular weight excluding hydrogens is 853 g/mol. The second kappa shape index (κ2) is 20.1. The van der Waals surface area contributed by atoms with Gasteiger partial charge in [-0.25, -0.2) is 13.9 Å². The summed E-state index contributed by atoms with van der Waals surface area (Å²) >= 11 is 0. The first-order chi connectivity index (χ1) is 31.5. The lowest BCUT2D eigenvalue weighted by Crippen LogP contribution is -2.53. The molecule has 1 unspecified atom stereocenters. The Bertz CT molecular complexity index is 2510. The van der Waals surface area contributed by atoms with Gasteiger partial charge in [0.2, 0.25) is 0 Å². The molecule has 4 aromatic carbocycles. The van der Waals surface area contributed by atoms with Crippen molar-refractivity contribution >= 4 is 14.2 Å². The van der Waals surface area contributed by atoms with Crippen LogP contribution in [0.2, 0.25) is 0 Å². The van der Waals surface area contributed by atoms with E-state index in [1.54, 1.807) is 25.3 Å². The molecule has 0 bridgehead atoms. The lowest BCUT2D eigenvalue weighted by atomic mass is 9.77. The molecule has 16 heteroatoms. The Balaban J connectivity index is 1.25. The van der Waals surface area contributed by atoms with Gasteiger partial charge in [0.1, 0.15) is 35.6 Å². The van der Waals surface area contributed by atoms with E-state index in [9.17, 15) is 14.9 Å². The van der Waals surface area contributed by atoms with Crippen molar-refractivity contribution in [3.05, 3.63) is 159 Å². The highest BCUT2D eigenvalue weighted by Crippen LogP contribution is 2.55. The van der Waals surface area contributed by atoms with Crippen LogP contribution in [0, 0.1) is 17.1 Å². The number of hydrogen-bond acceptors (Lipinski definition) is 12. The number of rotatable bonds is 17. The summed E-state index contributed by atoms with van der Waals surface area (Å²) in [5.74, 6) is -0.334. The van der Waals surface area contributed by atoms with E-state index in [0.29, 0.717) is 43.1 Å². The van der Waals surface area contributed by atoms with Crippen molar-refractivity contribution in [3.8, 4) is 17.6 Å². The van der Waals surface area contributed by atoms with Gasteiger partial charge in [-0.2, -0.15) is 5.26 Å². The molecular formula is C49H55FN5O9P. The Hall–Kier alpha value is -5.27. The Labute approximate surface area is 379 Å². The number of nitriles is 1. The van der Waals surface area contributed by atoms with Crippen LogP contribution in [0.5, 0.6) is 11.5 Å². The summed E-state index contributed by atoms with van der Waals surface area (Å²) in [5, 5.41) is 9.57. The van der Waals surface area contributed by atoms with Gasteiger partial charge >= 0.3 is 5.69 Å². The predicted octanol–water partition coefficient (Wildman–Crippen LogP) is 8.38. The Morgan fingerprint density at radius 3 is 2.12 bits per heavy atom. The van der Waals surface area contributed by atoms with E-state index >= 15 is 4.39 Å². The number of fused-ring (bicyclic) bond motifs is 2. The molecule has 5 aromatic rings. The second-order valence-corrected chi connectivity index (χ2v) is 18.2. The fourth-order valence-corrected chi connectivity index (χ4v) is 10.9. The van der Waals surface area contributed by atoms with Crippen LogP contribution in [-0.4, -0.2) is 83.8 Å². The van der Waals surface area contributed by atoms with E-state index in [1.807, 2.05) is 111 Å². The van der Waals surface area contributed by atoms with E-state index in [-0.39, 0.29) is 37.5 Å².